The molecule has 2 N–H and O–H groups in total. The van der Waals surface area contributed by atoms with Gasteiger partial charge in [-0.15, -0.1) is 0 Å². The molecule has 1 aliphatic rings. The average molecular weight is 292 g/mol. The molecule has 0 saturated heterocycles. The van der Waals surface area contributed by atoms with Crippen LogP contribution in [-0.2, 0) is 6.54 Å². The molecule has 0 unspecified atom stereocenters. The molecule has 2 aromatic rings. The van der Waals surface area contributed by atoms with Gasteiger partial charge in [0.2, 0.25) is 0 Å². The van der Waals surface area contributed by atoms with Crippen molar-refractivity contribution in [2.75, 3.05) is 13.2 Å². The van der Waals surface area contributed by atoms with Gasteiger partial charge in [0.1, 0.15) is 5.75 Å². The van der Waals surface area contributed by atoms with E-state index in [1.54, 1.807) is 0 Å². The molecule has 1 saturated carbocycles. The zero-order valence-electron chi connectivity index (χ0n) is 11.3. The summed E-state index contributed by atoms with van der Waals surface area (Å²) >= 11 is 6.18. The second-order valence-corrected chi connectivity index (χ2v) is 5.59. The van der Waals surface area contributed by atoms with Gasteiger partial charge in [0.25, 0.3) is 0 Å². The van der Waals surface area contributed by atoms with Gasteiger partial charge in [-0.3, -0.25) is 4.68 Å². The third-order valence-corrected chi connectivity index (χ3v) is 3.74. The Morgan fingerprint density at radius 2 is 2.20 bits per heavy atom. The summed E-state index contributed by atoms with van der Waals surface area (Å²) in [6, 6.07) is 5.84. The minimum atomic E-state index is 0.581. The van der Waals surface area contributed by atoms with E-state index in [-0.39, 0.29) is 0 Å². The Bertz CT molecular complexity index is 593. The second kappa shape index (κ2) is 5.85. The summed E-state index contributed by atoms with van der Waals surface area (Å²) in [6.45, 7) is 2.06. The Balaban J connectivity index is 1.78. The molecule has 1 aliphatic carbocycles. The van der Waals surface area contributed by atoms with E-state index in [1.807, 2.05) is 35.3 Å². The van der Waals surface area contributed by atoms with Crippen molar-refractivity contribution in [3.8, 4) is 16.9 Å². The Morgan fingerprint density at radius 3 is 2.95 bits per heavy atom. The van der Waals surface area contributed by atoms with E-state index in [0.717, 1.165) is 30.0 Å². The van der Waals surface area contributed by atoms with E-state index in [9.17, 15) is 0 Å². The predicted molar refractivity (Wildman–Crippen MR) is 79.9 cm³/mol. The van der Waals surface area contributed by atoms with Crippen LogP contribution >= 0.6 is 11.6 Å². The molecule has 3 rings (SSSR count). The van der Waals surface area contributed by atoms with Crippen LogP contribution in [0.3, 0.4) is 0 Å². The van der Waals surface area contributed by atoms with Gasteiger partial charge in [0.15, 0.2) is 0 Å². The zero-order valence-corrected chi connectivity index (χ0v) is 12.0. The number of rotatable bonds is 6. The largest absolute Gasteiger partial charge is 0.492 e. The normalized spacial score (nSPS) is 14.5. The lowest BCUT2D eigenvalue weighted by Crippen LogP contribution is -2.09. The number of hydrogen-bond donors (Lipinski definition) is 1. The predicted octanol–water partition coefficient (Wildman–Crippen LogP) is 2.95. The molecule has 0 atom stereocenters. The number of nitrogens with two attached hydrogens (primary N) is 1. The number of aromatic nitrogens is 2. The maximum Gasteiger partial charge on any atom is 0.138 e. The Kier molecular flexibility index (Phi) is 3.94. The van der Waals surface area contributed by atoms with Gasteiger partial charge in [-0.2, -0.15) is 5.10 Å². The molecule has 5 heteroatoms. The summed E-state index contributed by atoms with van der Waals surface area (Å²) < 4.78 is 7.64. The second-order valence-electron chi connectivity index (χ2n) is 5.18. The summed E-state index contributed by atoms with van der Waals surface area (Å²) in [5.74, 6) is 1.46. The zero-order chi connectivity index (χ0) is 13.9. The SMILES string of the molecule is NCCn1cc(-c2ccc(Cl)c(OCC3CC3)c2)cn1. The van der Waals surface area contributed by atoms with Crippen LogP contribution in [0, 0.1) is 5.92 Å². The number of benzene rings is 1. The molecule has 1 aromatic carbocycles. The van der Waals surface area contributed by atoms with Crippen molar-refractivity contribution in [2.24, 2.45) is 11.7 Å². The maximum atomic E-state index is 6.18. The Hall–Kier alpha value is -1.52. The fraction of sp³-hybridized carbons (Fsp3) is 0.400. The monoisotopic (exact) mass is 291 g/mol. The molecule has 0 amide bonds. The molecule has 20 heavy (non-hydrogen) atoms. The van der Waals surface area contributed by atoms with Gasteiger partial charge < -0.3 is 10.5 Å². The van der Waals surface area contributed by atoms with E-state index in [1.165, 1.54) is 12.8 Å². The van der Waals surface area contributed by atoms with Crippen LogP contribution in [0.1, 0.15) is 12.8 Å². The quantitative estimate of drug-likeness (QED) is 0.890. The highest BCUT2D eigenvalue weighted by Crippen LogP contribution is 2.34. The minimum Gasteiger partial charge on any atom is -0.492 e. The highest BCUT2D eigenvalue weighted by Gasteiger charge is 2.22. The Morgan fingerprint density at radius 1 is 1.35 bits per heavy atom. The van der Waals surface area contributed by atoms with Crippen LogP contribution in [-0.4, -0.2) is 22.9 Å². The molecule has 1 fully saturated rings. The fourth-order valence-corrected chi connectivity index (χ4v) is 2.22. The van der Waals surface area contributed by atoms with Crippen LogP contribution in [0.2, 0.25) is 5.02 Å². The Labute approximate surface area is 123 Å². The first-order valence-electron chi connectivity index (χ1n) is 6.91. The number of ether oxygens (including phenoxy) is 1. The van der Waals surface area contributed by atoms with Gasteiger partial charge >= 0.3 is 0 Å². The summed E-state index contributed by atoms with van der Waals surface area (Å²) in [4.78, 5) is 0. The molecule has 0 radical (unpaired) electrons. The van der Waals surface area contributed by atoms with Crippen molar-refractivity contribution in [3.63, 3.8) is 0 Å². The van der Waals surface area contributed by atoms with Crippen LogP contribution < -0.4 is 10.5 Å². The molecule has 106 valence electrons. The van der Waals surface area contributed by atoms with E-state index in [2.05, 4.69) is 5.10 Å². The minimum absolute atomic E-state index is 0.581. The van der Waals surface area contributed by atoms with E-state index < -0.39 is 0 Å². The van der Waals surface area contributed by atoms with Gasteiger partial charge in [0.05, 0.1) is 24.4 Å². The number of halogens is 1. The lowest BCUT2D eigenvalue weighted by atomic mass is 10.1. The fourth-order valence-electron chi connectivity index (χ4n) is 2.05. The van der Waals surface area contributed by atoms with E-state index >= 15 is 0 Å². The van der Waals surface area contributed by atoms with Gasteiger partial charge in [-0.25, -0.2) is 0 Å². The molecular weight excluding hydrogens is 274 g/mol. The van der Waals surface area contributed by atoms with Crippen molar-refractivity contribution in [3.05, 3.63) is 35.6 Å². The van der Waals surface area contributed by atoms with Gasteiger partial charge in [-0.05, 0) is 36.5 Å². The molecular formula is C15H18ClN3O. The molecule has 0 aliphatic heterocycles. The van der Waals surface area contributed by atoms with Gasteiger partial charge in [0, 0.05) is 18.3 Å². The van der Waals surface area contributed by atoms with Crippen LogP contribution in [0.5, 0.6) is 5.75 Å². The van der Waals surface area contributed by atoms with Crippen molar-refractivity contribution in [2.45, 2.75) is 19.4 Å². The summed E-state index contributed by atoms with van der Waals surface area (Å²) in [5.41, 5.74) is 7.63. The molecule has 4 nitrogen and oxygen atoms in total. The van der Waals surface area contributed by atoms with Crippen molar-refractivity contribution in [1.82, 2.24) is 9.78 Å². The number of nitrogens with zero attached hydrogens (tertiary/aromatic N) is 2. The standard InChI is InChI=1S/C15H18ClN3O/c16-14-4-3-12(7-15(14)20-10-11-1-2-11)13-8-18-19(9-13)6-5-17/h3-4,7-9,11H,1-2,5-6,10,17H2. The van der Waals surface area contributed by atoms with Crippen molar-refractivity contribution in [1.29, 1.82) is 0 Å². The lowest BCUT2D eigenvalue weighted by molar-refractivity contribution is 0.300. The highest BCUT2D eigenvalue weighted by molar-refractivity contribution is 6.32. The molecule has 1 heterocycles. The molecule has 1 aromatic heterocycles. The van der Waals surface area contributed by atoms with E-state index in [4.69, 9.17) is 22.1 Å². The first-order valence-corrected chi connectivity index (χ1v) is 7.29. The molecule has 0 bridgehead atoms. The number of hydrogen-bond acceptors (Lipinski definition) is 3. The summed E-state index contributed by atoms with van der Waals surface area (Å²) in [6.07, 6.45) is 6.36. The first kappa shape index (κ1) is 13.5. The summed E-state index contributed by atoms with van der Waals surface area (Å²) in [7, 11) is 0. The van der Waals surface area contributed by atoms with Crippen molar-refractivity contribution < 1.29 is 4.74 Å². The van der Waals surface area contributed by atoms with Crippen LogP contribution in [0.25, 0.3) is 11.1 Å². The molecule has 0 spiro atoms. The van der Waals surface area contributed by atoms with Gasteiger partial charge in [-0.1, -0.05) is 17.7 Å². The third kappa shape index (κ3) is 3.14. The van der Waals surface area contributed by atoms with E-state index in [0.29, 0.717) is 17.5 Å². The smallest absolute Gasteiger partial charge is 0.138 e. The summed E-state index contributed by atoms with van der Waals surface area (Å²) in [5, 5.41) is 4.94. The topological polar surface area (TPSA) is 53.1 Å². The van der Waals surface area contributed by atoms with Crippen LogP contribution in [0.4, 0.5) is 0 Å². The third-order valence-electron chi connectivity index (χ3n) is 3.43. The maximum absolute atomic E-state index is 6.18. The average Bonchev–Trinajstić information content (AvgIpc) is 3.16. The van der Waals surface area contributed by atoms with Crippen molar-refractivity contribution >= 4 is 11.6 Å². The first-order chi connectivity index (χ1) is 9.76. The lowest BCUT2D eigenvalue weighted by Gasteiger charge is -2.08. The highest BCUT2D eigenvalue weighted by atomic mass is 35.5. The van der Waals surface area contributed by atoms with Crippen LogP contribution in [0.15, 0.2) is 30.6 Å².